The van der Waals surface area contributed by atoms with Crippen LogP contribution in [0.5, 0.6) is 0 Å². The molecular formula is C16H19N3O2S. The van der Waals surface area contributed by atoms with E-state index in [-0.39, 0.29) is 5.75 Å². The predicted octanol–water partition coefficient (Wildman–Crippen LogP) is 2.31. The van der Waals surface area contributed by atoms with E-state index in [0.29, 0.717) is 23.8 Å². The SMILES string of the molecule is CCS(=O)(=O)c1cccnc1N1CCNc2ccccc2C1. The molecule has 0 unspecified atom stereocenters. The zero-order valence-electron chi connectivity index (χ0n) is 12.5. The number of nitrogens with zero attached hydrogens (tertiary/aromatic N) is 2. The topological polar surface area (TPSA) is 62.3 Å². The van der Waals surface area contributed by atoms with Gasteiger partial charge in [0.15, 0.2) is 9.84 Å². The number of anilines is 2. The van der Waals surface area contributed by atoms with Crippen molar-refractivity contribution < 1.29 is 8.42 Å². The molecule has 0 radical (unpaired) electrons. The van der Waals surface area contributed by atoms with Gasteiger partial charge in [0, 0.05) is 31.5 Å². The van der Waals surface area contributed by atoms with Crippen molar-refractivity contribution in [2.24, 2.45) is 0 Å². The number of sulfone groups is 1. The summed E-state index contributed by atoms with van der Waals surface area (Å²) in [4.78, 5) is 6.70. The molecule has 3 rings (SSSR count). The highest BCUT2D eigenvalue weighted by Gasteiger charge is 2.23. The summed E-state index contributed by atoms with van der Waals surface area (Å²) >= 11 is 0. The minimum Gasteiger partial charge on any atom is -0.383 e. The second-order valence-electron chi connectivity index (χ2n) is 5.23. The van der Waals surface area contributed by atoms with Crippen molar-refractivity contribution in [1.82, 2.24) is 4.98 Å². The lowest BCUT2D eigenvalue weighted by atomic mass is 10.1. The maximum absolute atomic E-state index is 12.3. The van der Waals surface area contributed by atoms with Crippen molar-refractivity contribution >= 4 is 21.3 Å². The molecule has 0 spiro atoms. The van der Waals surface area contributed by atoms with E-state index in [4.69, 9.17) is 0 Å². The van der Waals surface area contributed by atoms with Crippen molar-refractivity contribution in [3.05, 3.63) is 48.2 Å². The molecule has 1 aliphatic heterocycles. The normalized spacial score (nSPS) is 14.9. The average Bonchev–Trinajstić information content (AvgIpc) is 2.77. The van der Waals surface area contributed by atoms with Crippen LogP contribution in [0.25, 0.3) is 0 Å². The van der Waals surface area contributed by atoms with Gasteiger partial charge in [0.25, 0.3) is 0 Å². The van der Waals surface area contributed by atoms with Gasteiger partial charge in [-0.25, -0.2) is 13.4 Å². The monoisotopic (exact) mass is 317 g/mol. The van der Waals surface area contributed by atoms with Crippen LogP contribution in [0.15, 0.2) is 47.5 Å². The number of fused-ring (bicyclic) bond motifs is 1. The summed E-state index contributed by atoms with van der Waals surface area (Å²) in [6.45, 7) is 3.76. The quantitative estimate of drug-likeness (QED) is 0.941. The van der Waals surface area contributed by atoms with Crippen LogP contribution in [0, 0.1) is 0 Å². The molecule has 0 atom stereocenters. The molecule has 0 saturated heterocycles. The first kappa shape index (κ1) is 14.8. The first-order valence-electron chi connectivity index (χ1n) is 7.36. The van der Waals surface area contributed by atoms with Gasteiger partial charge in [-0.2, -0.15) is 0 Å². The second-order valence-corrected chi connectivity index (χ2v) is 7.48. The van der Waals surface area contributed by atoms with Crippen LogP contribution in [0.4, 0.5) is 11.5 Å². The van der Waals surface area contributed by atoms with Gasteiger partial charge >= 0.3 is 0 Å². The lowest BCUT2D eigenvalue weighted by Crippen LogP contribution is -2.28. The highest BCUT2D eigenvalue weighted by molar-refractivity contribution is 7.91. The smallest absolute Gasteiger partial charge is 0.181 e. The molecule has 6 heteroatoms. The third-order valence-electron chi connectivity index (χ3n) is 3.84. The molecule has 0 bridgehead atoms. The molecule has 1 aromatic heterocycles. The van der Waals surface area contributed by atoms with E-state index in [2.05, 4.69) is 16.4 Å². The van der Waals surface area contributed by atoms with Gasteiger partial charge in [-0.3, -0.25) is 0 Å². The molecule has 1 aromatic carbocycles. The van der Waals surface area contributed by atoms with Crippen molar-refractivity contribution in [3.8, 4) is 0 Å². The van der Waals surface area contributed by atoms with Crippen LogP contribution in [-0.4, -0.2) is 32.2 Å². The van der Waals surface area contributed by atoms with E-state index in [1.807, 2.05) is 23.1 Å². The molecule has 0 amide bonds. The van der Waals surface area contributed by atoms with Crippen LogP contribution in [0.2, 0.25) is 0 Å². The molecule has 1 N–H and O–H groups in total. The van der Waals surface area contributed by atoms with Gasteiger partial charge < -0.3 is 10.2 Å². The number of benzene rings is 1. The van der Waals surface area contributed by atoms with Gasteiger partial charge in [-0.15, -0.1) is 0 Å². The number of rotatable bonds is 3. The maximum Gasteiger partial charge on any atom is 0.181 e. The highest BCUT2D eigenvalue weighted by Crippen LogP contribution is 2.28. The van der Waals surface area contributed by atoms with Crippen molar-refractivity contribution in [1.29, 1.82) is 0 Å². The van der Waals surface area contributed by atoms with E-state index in [0.717, 1.165) is 17.8 Å². The Morgan fingerprint density at radius 2 is 2.05 bits per heavy atom. The van der Waals surface area contributed by atoms with Crippen molar-refractivity contribution in [2.45, 2.75) is 18.4 Å². The molecule has 5 nitrogen and oxygen atoms in total. The fourth-order valence-electron chi connectivity index (χ4n) is 2.64. The molecule has 22 heavy (non-hydrogen) atoms. The Labute approximate surface area is 130 Å². The number of hydrogen-bond acceptors (Lipinski definition) is 5. The number of para-hydroxylation sites is 1. The second kappa shape index (κ2) is 5.96. The van der Waals surface area contributed by atoms with Crippen LogP contribution in [0.1, 0.15) is 12.5 Å². The van der Waals surface area contributed by atoms with E-state index in [1.165, 1.54) is 0 Å². The molecular weight excluding hydrogens is 298 g/mol. The fourth-order valence-corrected chi connectivity index (χ4v) is 3.70. The predicted molar refractivity (Wildman–Crippen MR) is 87.9 cm³/mol. The number of hydrogen-bond donors (Lipinski definition) is 1. The first-order valence-corrected chi connectivity index (χ1v) is 9.01. The summed E-state index contributed by atoms with van der Waals surface area (Å²) in [5, 5.41) is 3.38. The lowest BCUT2D eigenvalue weighted by molar-refractivity contribution is 0.596. The largest absolute Gasteiger partial charge is 0.383 e. The van der Waals surface area contributed by atoms with Crippen LogP contribution in [0.3, 0.4) is 0 Å². The Balaban J connectivity index is 2.02. The van der Waals surface area contributed by atoms with Crippen molar-refractivity contribution in [2.75, 3.05) is 29.1 Å². The average molecular weight is 317 g/mol. The van der Waals surface area contributed by atoms with E-state index in [1.54, 1.807) is 25.3 Å². The van der Waals surface area contributed by atoms with Gasteiger partial charge in [0.05, 0.1) is 5.75 Å². The Hall–Kier alpha value is -2.08. The molecule has 2 heterocycles. The van der Waals surface area contributed by atoms with Crippen LogP contribution >= 0.6 is 0 Å². The molecule has 0 fully saturated rings. The summed E-state index contributed by atoms with van der Waals surface area (Å²) in [5.74, 6) is 0.622. The zero-order valence-corrected chi connectivity index (χ0v) is 13.3. The summed E-state index contributed by atoms with van der Waals surface area (Å²) in [6.07, 6.45) is 1.65. The number of nitrogens with one attached hydrogen (secondary N) is 1. The van der Waals surface area contributed by atoms with E-state index < -0.39 is 9.84 Å². The maximum atomic E-state index is 12.3. The molecule has 0 saturated carbocycles. The highest BCUT2D eigenvalue weighted by atomic mass is 32.2. The van der Waals surface area contributed by atoms with E-state index >= 15 is 0 Å². The zero-order chi connectivity index (χ0) is 15.6. The fraction of sp³-hybridized carbons (Fsp3) is 0.312. The van der Waals surface area contributed by atoms with Gasteiger partial charge in [0.2, 0.25) is 0 Å². The number of pyridine rings is 1. The Bertz CT molecular complexity index is 774. The summed E-state index contributed by atoms with van der Waals surface area (Å²) in [6, 6.07) is 11.4. The minimum atomic E-state index is -3.29. The number of aromatic nitrogens is 1. The van der Waals surface area contributed by atoms with Gasteiger partial charge in [0.1, 0.15) is 10.7 Å². The van der Waals surface area contributed by atoms with Crippen LogP contribution in [-0.2, 0) is 16.4 Å². The third-order valence-corrected chi connectivity index (χ3v) is 5.59. The summed E-state index contributed by atoms with van der Waals surface area (Å²) in [7, 11) is -3.29. The summed E-state index contributed by atoms with van der Waals surface area (Å²) in [5.41, 5.74) is 2.24. The Morgan fingerprint density at radius 1 is 1.23 bits per heavy atom. The molecule has 2 aromatic rings. The molecule has 0 aliphatic carbocycles. The van der Waals surface area contributed by atoms with E-state index in [9.17, 15) is 8.42 Å². The molecule has 1 aliphatic rings. The van der Waals surface area contributed by atoms with Gasteiger partial charge in [-0.05, 0) is 23.8 Å². The van der Waals surface area contributed by atoms with Crippen LogP contribution < -0.4 is 10.2 Å². The Morgan fingerprint density at radius 3 is 2.86 bits per heavy atom. The Kier molecular flexibility index (Phi) is 4.02. The molecule has 116 valence electrons. The summed E-state index contributed by atoms with van der Waals surface area (Å²) < 4.78 is 24.6. The van der Waals surface area contributed by atoms with Crippen molar-refractivity contribution in [3.63, 3.8) is 0 Å². The standard InChI is InChI=1S/C16H19N3O2S/c1-2-22(20,21)15-8-5-9-18-16(15)19-11-10-17-14-7-4-3-6-13(14)12-19/h3-9,17H,2,10-12H2,1H3. The lowest BCUT2D eigenvalue weighted by Gasteiger charge is -2.23. The minimum absolute atomic E-state index is 0.0777. The van der Waals surface area contributed by atoms with Gasteiger partial charge in [-0.1, -0.05) is 25.1 Å². The first-order chi connectivity index (χ1) is 10.6. The third kappa shape index (κ3) is 2.78.